The minimum Gasteiger partial charge on any atom is -0.497 e. The first-order chi connectivity index (χ1) is 12.7. The molecular formula is C22H19ClN2O. The van der Waals surface area contributed by atoms with Gasteiger partial charge in [0.1, 0.15) is 11.6 Å². The monoisotopic (exact) mass is 362 g/mol. The van der Waals surface area contributed by atoms with Crippen LogP contribution in [-0.2, 0) is 0 Å². The van der Waals surface area contributed by atoms with Crippen LogP contribution in [0.4, 0.5) is 11.4 Å². The van der Waals surface area contributed by atoms with E-state index in [1.54, 1.807) is 7.11 Å². The maximum atomic E-state index is 5.98. The lowest BCUT2D eigenvalue weighted by molar-refractivity contribution is 0.415. The lowest BCUT2D eigenvalue weighted by atomic mass is 9.92. The number of amidine groups is 1. The zero-order chi connectivity index (χ0) is 17.9. The molecule has 0 N–H and O–H groups in total. The first-order valence-electron chi connectivity index (χ1n) is 8.56. The van der Waals surface area contributed by atoms with Crippen LogP contribution in [0.5, 0.6) is 5.75 Å². The summed E-state index contributed by atoms with van der Waals surface area (Å²) in [5.74, 6) is 1.90. The number of anilines is 1. The standard InChI is InChI=1S/C22H19ClN2O/c1-26-20-13-11-19(12-14-20)25-21(16-5-3-2-4-6-16)15-22(25)24-18-9-7-17(23)8-10-18/h2-14,21H,15H2,1H3/b24-22+. The Labute approximate surface area is 158 Å². The summed E-state index contributed by atoms with van der Waals surface area (Å²) in [6.45, 7) is 0. The van der Waals surface area contributed by atoms with E-state index in [9.17, 15) is 0 Å². The second-order valence-electron chi connectivity index (χ2n) is 6.20. The molecule has 4 rings (SSSR count). The van der Waals surface area contributed by atoms with Gasteiger partial charge in [-0.1, -0.05) is 41.9 Å². The average Bonchev–Trinajstić information content (AvgIpc) is 2.67. The van der Waals surface area contributed by atoms with E-state index in [0.717, 1.165) is 34.4 Å². The first-order valence-corrected chi connectivity index (χ1v) is 8.94. The molecular weight excluding hydrogens is 344 g/mol. The van der Waals surface area contributed by atoms with Crippen molar-refractivity contribution in [3.05, 3.63) is 89.4 Å². The van der Waals surface area contributed by atoms with Crippen LogP contribution < -0.4 is 9.64 Å². The molecule has 0 bridgehead atoms. The Morgan fingerprint density at radius 1 is 0.923 bits per heavy atom. The second-order valence-corrected chi connectivity index (χ2v) is 6.64. The highest BCUT2D eigenvalue weighted by Gasteiger charge is 2.36. The van der Waals surface area contributed by atoms with E-state index in [-0.39, 0.29) is 6.04 Å². The highest BCUT2D eigenvalue weighted by atomic mass is 35.5. The molecule has 3 aromatic carbocycles. The van der Waals surface area contributed by atoms with Gasteiger partial charge in [0.05, 0.1) is 18.8 Å². The molecule has 4 heteroatoms. The number of methoxy groups -OCH3 is 1. The van der Waals surface area contributed by atoms with Gasteiger partial charge < -0.3 is 9.64 Å². The zero-order valence-corrected chi connectivity index (χ0v) is 15.2. The van der Waals surface area contributed by atoms with Gasteiger partial charge >= 0.3 is 0 Å². The van der Waals surface area contributed by atoms with Crippen molar-refractivity contribution in [2.75, 3.05) is 12.0 Å². The predicted molar refractivity (Wildman–Crippen MR) is 108 cm³/mol. The highest BCUT2D eigenvalue weighted by Crippen LogP contribution is 2.41. The van der Waals surface area contributed by atoms with Crippen molar-refractivity contribution in [2.45, 2.75) is 12.5 Å². The van der Waals surface area contributed by atoms with E-state index in [4.69, 9.17) is 21.3 Å². The Balaban J connectivity index is 1.69. The fourth-order valence-electron chi connectivity index (χ4n) is 3.21. The molecule has 0 spiro atoms. The summed E-state index contributed by atoms with van der Waals surface area (Å²) < 4.78 is 5.28. The topological polar surface area (TPSA) is 24.8 Å². The predicted octanol–water partition coefficient (Wildman–Crippen LogP) is 6.03. The third kappa shape index (κ3) is 3.31. The van der Waals surface area contributed by atoms with Crippen molar-refractivity contribution in [2.24, 2.45) is 4.99 Å². The van der Waals surface area contributed by atoms with Crippen LogP contribution in [0.1, 0.15) is 18.0 Å². The SMILES string of the molecule is COc1ccc(N2/C(=N/c3ccc(Cl)cc3)CC2c2ccccc2)cc1. The van der Waals surface area contributed by atoms with Gasteiger partial charge in [-0.15, -0.1) is 0 Å². The summed E-state index contributed by atoms with van der Waals surface area (Å²) in [4.78, 5) is 7.12. The minimum absolute atomic E-state index is 0.288. The van der Waals surface area contributed by atoms with Crippen LogP contribution in [0.2, 0.25) is 5.02 Å². The number of hydrogen-bond acceptors (Lipinski definition) is 2. The number of hydrogen-bond donors (Lipinski definition) is 0. The van der Waals surface area contributed by atoms with E-state index >= 15 is 0 Å². The van der Waals surface area contributed by atoms with Crippen molar-refractivity contribution in [1.29, 1.82) is 0 Å². The minimum atomic E-state index is 0.288. The van der Waals surface area contributed by atoms with Gasteiger partial charge in [-0.05, 0) is 54.1 Å². The lowest BCUT2D eigenvalue weighted by Gasteiger charge is -2.44. The normalized spacial score (nSPS) is 17.8. The van der Waals surface area contributed by atoms with Crippen LogP contribution in [0.15, 0.2) is 83.9 Å². The Kier molecular flexibility index (Phi) is 4.63. The number of rotatable bonds is 4. The molecule has 0 aliphatic carbocycles. The van der Waals surface area contributed by atoms with E-state index < -0.39 is 0 Å². The maximum Gasteiger partial charge on any atom is 0.119 e. The summed E-state index contributed by atoms with van der Waals surface area (Å²) in [5, 5.41) is 0.719. The van der Waals surface area contributed by atoms with E-state index in [1.165, 1.54) is 5.56 Å². The molecule has 1 unspecified atom stereocenters. The molecule has 26 heavy (non-hydrogen) atoms. The fourth-order valence-corrected chi connectivity index (χ4v) is 3.33. The van der Waals surface area contributed by atoms with E-state index in [1.807, 2.05) is 42.5 Å². The second kappa shape index (κ2) is 7.22. The summed E-state index contributed by atoms with van der Waals surface area (Å²) in [6.07, 6.45) is 0.901. The molecule has 1 aliphatic rings. The number of ether oxygens (including phenoxy) is 1. The van der Waals surface area contributed by atoms with Crippen LogP contribution in [0.3, 0.4) is 0 Å². The molecule has 0 saturated carbocycles. The van der Waals surface area contributed by atoms with Crippen molar-refractivity contribution >= 4 is 28.8 Å². The lowest BCUT2D eigenvalue weighted by Crippen LogP contribution is -2.46. The zero-order valence-electron chi connectivity index (χ0n) is 14.5. The number of benzene rings is 3. The third-order valence-corrected chi connectivity index (χ3v) is 4.84. The number of nitrogens with zero attached hydrogens (tertiary/aromatic N) is 2. The Morgan fingerprint density at radius 3 is 2.27 bits per heavy atom. The van der Waals surface area contributed by atoms with Crippen LogP contribution >= 0.6 is 11.6 Å². The molecule has 0 radical (unpaired) electrons. The smallest absolute Gasteiger partial charge is 0.119 e. The van der Waals surface area contributed by atoms with Crippen molar-refractivity contribution in [3.63, 3.8) is 0 Å². The van der Waals surface area contributed by atoms with Crippen LogP contribution in [0.25, 0.3) is 0 Å². The van der Waals surface area contributed by atoms with Gasteiger partial charge in [-0.25, -0.2) is 4.99 Å². The summed E-state index contributed by atoms with van der Waals surface area (Å²) in [5.41, 5.74) is 3.31. The summed E-state index contributed by atoms with van der Waals surface area (Å²) in [6, 6.07) is 26.6. The fraction of sp³-hybridized carbons (Fsp3) is 0.136. The first kappa shape index (κ1) is 16.7. The Morgan fingerprint density at radius 2 is 1.62 bits per heavy atom. The molecule has 130 valence electrons. The van der Waals surface area contributed by atoms with Crippen LogP contribution in [0, 0.1) is 0 Å². The quantitative estimate of drug-likeness (QED) is 0.566. The largest absolute Gasteiger partial charge is 0.497 e. The molecule has 3 nitrogen and oxygen atoms in total. The van der Waals surface area contributed by atoms with Gasteiger partial charge in [0.2, 0.25) is 0 Å². The third-order valence-electron chi connectivity index (χ3n) is 4.59. The molecule has 1 atom stereocenters. The Hall–Kier alpha value is -2.78. The number of halogens is 1. The van der Waals surface area contributed by atoms with Gasteiger partial charge in [-0.3, -0.25) is 0 Å². The van der Waals surface area contributed by atoms with Gasteiger partial charge in [0.25, 0.3) is 0 Å². The summed E-state index contributed by atoms with van der Waals surface area (Å²) >= 11 is 5.98. The maximum absolute atomic E-state index is 5.98. The van der Waals surface area contributed by atoms with Gasteiger partial charge in [-0.2, -0.15) is 0 Å². The van der Waals surface area contributed by atoms with E-state index in [2.05, 4.69) is 41.3 Å². The van der Waals surface area contributed by atoms with E-state index in [0.29, 0.717) is 0 Å². The highest BCUT2D eigenvalue weighted by molar-refractivity contribution is 6.30. The van der Waals surface area contributed by atoms with Gasteiger partial charge in [0, 0.05) is 17.1 Å². The van der Waals surface area contributed by atoms with Crippen LogP contribution in [-0.4, -0.2) is 12.9 Å². The molecule has 0 aromatic heterocycles. The molecule has 3 aromatic rings. The summed E-state index contributed by atoms with van der Waals surface area (Å²) in [7, 11) is 1.68. The Bertz CT molecular complexity index is 905. The number of aliphatic imine (C=N–C) groups is 1. The van der Waals surface area contributed by atoms with Crippen molar-refractivity contribution in [3.8, 4) is 5.75 Å². The average molecular weight is 363 g/mol. The van der Waals surface area contributed by atoms with Crippen molar-refractivity contribution < 1.29 is 4.74 Å². The molecule has 1 aliphatic heterocycles. The van der Waals surface area contributed by atoms with Crippen molar-refractivity contribution in [1.82, 2.24) is 0 Å². The molecule has 1 saturated heterocycles. The van der Waals surface area contributed by atoms with Gasteiger partial charge in [0.15, 0.2) is 0 Å². The molecule has 1 fully saturated rings. The molecule has 1 heterocycles. The molecule has 0 amide bonds.